The van der Waals surface area contributed by atoms with Crippen molar-refractivity contribution in [2.24, 2.45) is 0 Å². The lowest BCUT2D eigenvalue weighted by molar-refractivity contribution is 0.0266. The average molecular weight is 782 g/mol. The van der Waals surface area contributed by atoms with E-state index in [4.69, 9.17) is 23.9 Å². The van der Waals surface area contributed by atoms with Crippen LogP contribution in [-0.4, -0.2) is 76.6 Å². The number of aromatic nitrogens is 1. The minimum absolute atomic E-state index is 0.280. The van der Waals surface area contributed by atoms with Gasteiger partial charge in [0, 0.05) is 48.0 Å². The molecular weight excluding hydrogens is 736 g/mol. The van der Waals surface area contributed by atoms with Gasteiger partial charge in [-0.05, 0) is 113 Å². The molecule has 0 N–H and O–H groups in total. The molecule has 5 aromatic rings. The van der Waals surface area contributed by atoms with E-state index < -0.39 is 28.9 Å². The molecule has 1 aromatic heterocycles. The van der Waals surface area contributed by atoms with Crippen molar-refractivity contribution in [2.45, 2.75) is 77.8 Å². The molecule has 9 nitrogen and oxygen atoms in total. The number of nitrogens with zero attached hydrogens (tertiary/aromatic N) is 3. The van der Waals surface area contributed by atoms with Gasteiger partial charge >= 0.3 is 12.2 Å². The number of halogens is 3. The van der Waals surface area contributed by atoms with E-state index in [9.17, 15) is 22.8 Å². The molecule has 0 spiro atoms. The number of ether oxygens (including phenoxy) is 4. The zero-order valence-electron chi connectivity index (χ0n) is 32.9. The smallest absolute Gasteiger partial charge is 0.410 e. The predicted octanol–water partition coefficient (Wildman–Crippen LogP) is 10.4. The minimum atomic E-state index is -0.997. The van der Waals surface area contributed by atoms with Crippen molar-refractivity contribution in [1.82, 2.24) is 14.8 Å². The molecule has 2 amide bonds. The van der Waals surface area contributed by atoms with Gasteiger partial charge in [0.1, 0.15) is 40.7 Å². The molecule has 12 heteroatoms. The maximum Gasteiger partial charge on any atom is 0.410 e. The van der Waals surface area contributed by atoms with E-state index in [1.807, 2.05) is 77.9 Å². The number of fused-ring (bicyclic) bond motifs is 1. The molecule has 2 saturated heterocycles. The summed E-state index contributed by atoms with van der Waals surface area (Å²) in [5, 5.41) is 0.747. The lowest BCUT2D eigenvalue weighted by atomic mass is 9.98. The van der Waals surface area contributed by atoms with Crippen LogP contribution in [0.2, 0.25) is 0 Å². The van der Waals surface area contributed by atoms with Gasteiger partial charge < -0.3 is 28.7 Å². The Morgan fingerprint density at radius 2 is 1.18 bits per heavy atom. The second kappa shape index (κ2) is 15.6. The fraction of sp³-hybridized carbons (Fsp3) is 0.356. The second-order valence-corrected chi connectivity index (χ2v) is 16.5. The Morgan fingerprint density at radius 3 is 1.77 bits per heavy atom. The Bertz CT molecular complexity index is 2300. The van der Waals surface area contributed by atoms with Gasteiger partial charge in [0.25, 0.3) is 0 Å². The van der Waals surface area contributed by atoms with Crippen LogP contribution in [-0.2, 0) is 9.47 Å². The van der Waals surface area contributed by atoms with Crippen LogP contribution in [0.5, 0.6) is 11.5 Å². The lowest BCUT2D eigenvalue weighted by Crippen LogP contribution is -2.36. The van der Waals surface area contributed by atoms with Crippen molar-refractivity contribution >= 4 is 23.1 Å². The Labute approximate surface area is 330 Å². The number of amides is 2. The van der Waals surface area contributed by atoms with Crippen LogP contribution in [0.4, 0.5) is 22.8 Å². The molecule has 0 radical (unpaired) electrons. The summed E-state index contributed by atoms with van der Waals surface area (Å²) in [6, 6.07) is 22.9. The molecular formula is C45H46F3N3O6. The number of pyridine rings is 1. The highest BCUT2D eigenvalue weighted by Crippen LogP contribution is 2.39. The summed E-state index contributed by atoms with van der Waals surface area (Å²) in [4.78, 5) is 33.7. The molecule has 2 fully saturated rings. The van der Waals surface area contributed by atoms with E-state index in [1.54, 1.807) is 28.0 Å². The van der Waals surface area contributed by atoms with Gasteiger partial charge in [-0.3, -0.25) is 0 Å². The van der Waals surface area contributed by atoms with Crippen LogP contribution in [0.25, 0.3) is 44.4 Å². The number of hydrogen-bond donors (Lipinski definition) is 0. The summed E-state index contributed by atoms with van der Waals surface area (Å²) in [6.45, 7) is 12.5. The predicted molar refractivity (Wildman–Crippen MR) is 212 cm³/mol. The highest BCUT2D eigenvalue weighted by Gasteiger charge is 2.33. The molecule has 0 bridgehead atoms. The van der Waals surface area contributed by atoms with Gasteiger partial charge in [0.2, 0.25) is 0 Å². The molecule has 2 aliphatic rings. The third kappa shape index (κ3) is 9.44. The van der Waals surface area contributed by atoms with Gasteiger partial charge in [-0.2, -0.15) is 0 Å². The van der Waals surface area contributed by atoms with Crippen molar-refractivity contribution < 1.29 is 41.7 Å². The topological polar surface area (TPSA) is 90.4 Å². The number of carbonyl (C=O) groups is 2. The van der Waals surface area contributed by atoms with Crippen molar-refractivity contribution in [3.05, 3.63) is 102 Å². The van der Waals surface area contributed by atoms with Crippen molar-refractivity contribution in [3.8, 4) is 45.0 Å². The fourth-order valence-corrected chi connectivity index (χ4v) is 6.94. The first-order chi connectivity index (χ1) is 27.0. The Balaban J connectivity index is 1.20. The Hall–Kier alpha value is -5.78. The van der Waals surface area contributed by atoms with Crippen molar-refractivity contribution in [1.29, 1.82) is 0 Å². The highest BCUT2D eigenvalue weighted by atomic mass is 19.2. The monoisotopic (exact) mass is 781 g/mol. The van der Waals surface area contributed by atoms with E-state index in [0.29, 0.717) is 78.4 Å². The van der Waals surface area contributed by atoms with Crippen LogP contribution in [0.1, 0.15) is 54.4 Å². The van der Waals surface area contributed by atoms with Crippen molar-refractivity contribution in [3.63, 3.8) is 0 Å². The van der Waals surface area contributed by atoms with Crippen LogP contribution in [0, 0.1) is 17.5 Å². The normalized spacial score (nSPS) is 17.2. The summed E-state index contributed by atoms with van der Waals surface area (Å²) < 4.78 is 66.8. The van der Waals surface area contributed by atoms with E-state index in [-0.39, 0.29) is 24.1 Å². The molecule has 298 valence electrons. The van der Waals surface area contributed by atoms with E-state index in [1.165, 1.54) is 18.2 Å². The van der Waals surface area contributed by atoms with Crippen LogP contribution >= 0.6 is 0 Å². The van der Waals surface area contributed by atoms with E-state index in [0.717, 1.165) is 28.6 Å². The average Bonchev–Trinajstić information content (AvgIpc) is 3.82. The number of rotatable bonds is 7. The first-order valence-corrected chi connectivity index (χ1v) is 19.1. The van der Waals surface area contributed by atoms with E-state index in [2.05, 4.69) is 0 Å². The molecule has 4 aromatic carbocycles. The Morgan fingerprint density at radius 1 is 0.614 bits per heavy atom. The van der Waals surface area contributed by atoms with Crippen LogP contribution in [0.3, 0.4) is 0 Å². The standard InChI is InChI=1S/C45H46F3N3O6/c1-44(2,3)56-42(52)50-19-17-32(25-50)54-40-16-11-29(21-34(40)27-7-12-31(46)13-8-27)38-15-10-30-23-41(55-33-18-20-51(26-33)43(53)57-45(4,5)6)35(24-39(30)49-38)28-9-14-36(47)37(48)22-28/h7-16,21-24,32-33H,17-20,25-26H2,1-6H3/t32-,33-/m0/s1. The maximum absolute atomic E-state index is 14.6. The summed E-state index contributed by atoms with van der Waals surface area (Å²) >= 11 is 0. The van der Waals surface area contributed by atoms with E-state index >= 15 is 0 Å². The van der Waals surface area contributed by atoms with Crippen molar-refractivity contribution in [2.75, 3.05) is 26.2 Å². The summed E-state index contributed by atoms with van der Waals surface area (Å²) in [7, 11) is 0. The van der Waals surface area contributed by atoms with Gasteiger partial charge in [-0.25, -0.2) is 27.7 Å². The van der Waals surface area contributed by atoms with Gasteiger partial charge in [0.05, 0.1) is 24.3 Å². The molecule has 2 atom stereocenters. The molecule has 0 unspecified atom stereocenters. The molecule has 3 heterocycles. The summed E-state index contributed by atoms with van der Waals surface area (Å²) in [6.07, 6.45) is -0.274. The first kappa shape index (κ1) is 39.5. The summed E-state index contributed by atoms with van der Waals surface area (Å²) in [5.41, 5.74) is 3.07. The zero-order valence-corrected chi connectivity index (χ0v) is 32.9. The SMILES string of the molecule is CC(C)(C)OC(=O)N1CC[C@H](Oc2ccc(-c3ccc4cc(O[C@H]5CCN(C(=O)OC(C)(C)C)C5)c(-c5ccc(F)c(F)c5)cc4n3)cc2-c2ccc(F)cc2)C1. The van der Waals surface area contributed by atoms with Crippen LogP contribution in [0.15, 0.2) is 84.9 Å². The van der Waals surface area contributed by atoms with Crippen LogP contribution < -0.4 is 9.47 Å². The minimum Gasteiger partial charge on any atom is -0.488 e. The molecule has 0 aliphatic carbocycles. The lowest BCUT2D eigenvalue weighted by Gasteiger charge is -2.24. The third-order valence-corrected chi connectivity index (χ3v) is 9.63. The van der Waals surface area contributed by atoms with Gasteiger partial charge in [-0.1, -0.05) is 24.3 Å². The maximum atomic E-state index is 14.6. The zero-order chi connectivity index (χ0) is 40.6. The quantitative estimate of drug-likeness (QED) is 0.162. The second-order valence-electron chi connectivity index (χ2n) is 16.5. The highest BCUT2D eigenvalue weighted by molar-refractivity contribution is 5.90. The number of carbonyl (C=O) groups excluding carboxylic acids is 2. The Kier molecular flexibility index (Phi) is 10.8. The molecule has 57 heavy (non-hydrogen) atoms. The third-order valence-electron chi connectivity index (χ3n) is 9.63. The number of likely N-dealkylation sites (tertiary alicyclic amines) is 2. The number of benzene rings is 4. The molecule has 7 rings (SSSR count). The fourth-order valence-electron chi connectivity index (χ4n) is 6.94. The summed E-state index contributed by atoms with van der Waals surface area (Å²) in [5.74, 6) is -1.32. The largest absolute Gasteiger partial charge is 0.488 e. The van der Waals surface area contributed by atoms with Gasteiger partial charge in [0.15, 0.2) is 11.6 Å². The molecule has 0 saturated carbocycles. The first-order valence-electron chi connectivity index (χ1n) is 19.1. The van der Waals surface area contributed by atoms with Gasteiger partial charge in [-0.15, -0.1) is 0 Å². The number of hydrogen-bond acceptors (Lipinski definition) is 7. The molecule has 2 aliphatic heterocycles.